The number of hydrogen-bond acceptors (Lipinski definition) is 4. The lowest BCUT2D eigenvalue weighted by molar-refractivity contribution is 0.237. The fourth-order valence-electron chi connectivity index (χ4n) is 2.07. The van der Waals surface area contributed by atoms with Gasteiger partial charge in [0.1, 0.15) is 6.61 Å². The number of benzene rings is 1. The number of aliphatic hydroxyl groups is 1. The fraction of sp³-hybridized carbons (Fsp3) is 0.500. The number of rotatable bonds is 3. The molecule has 0 saturated carbocycles. The summed E-state index contributed by atoms with van der Waals surface area (Å²) in [5.41, 5.74) is 7.58. The van der Waals surface area contributed by atoms with Gasteiger partial charge in [-0.25, -0.2) is 0 Å². The first kappa shape index (κ1) is 11.1. The summed E-state index contributed by atoms with van der Waals surface area (Å²) in [6.07, 6.45) is 1.73. The summed E-state index contributed by atoms with van der Waals surface area (Å²) >= 11 is 0. The summed E-state index contributed by atoms with van der Waals surface area (Å²) in [5, 5.41) is 8.84. The van der Waals surface area contributed by atoms with Gasteiger partial charge in [-0.3, -0.25) is 0 Å². The second kappa shape index (κ2) is 4.61. The maximum Gasteiger partial charge on any atom is 0.165 e. The Hall–Kier alpha value is -1.42. The molecule has 0 radical (unpaired) electrons. The quantitative estimate of drug-likeness (QED) is 0.755. The zero-order valence-corrected chi connectivity index (χ0v) is 9.52. The highest BCUT2D eigenvalue weighted by Crippen LogP contribution is 2.38. The molecule has 0 amide bonds. The molecule has 3 N–H and O–H groups in total. The zero-order chi connectivity index (χ0) is 11.5. The molecule has 1 aromatic carbocycles. The van der Waals surface area contributed by atoms with Crippen molar-refractivity contribution in [2.75, 3.05) is 30.9 Å². The van der Waals surface area contributed by atoms with E-state index in [2.05, 4.69) is 4.90 Å². The Morgan fingerprint density at radius 3 is 3.12 bits per heavy atom. The van der Waals surface area contributed by atoms with Crippen LogP contribution in [0.4, 0.5) is 11.4 Å². The van der Waals surface area contributed by atoms with Crippen LogP contribution in [0.2, 0.25) is 0 Å². The van der Waals surface area contributed by atoms with E-state index in [9.17, 15) is 0 Å². The smallest absolute Gasteiger partial charge is 0.165 e. The van der Waals surface area contributed by atoms with E-state index >= 15 is 0 Å². The number of anilines is 2. The minimum atomic E-state index is 0.230. The zero-order valence-electron chi connectivity index (χ0n) is 9.52. The van der Waals surface area contributed by atoms with E-state index in [4.69, 9.17) is 15.6 Å². The minimum Gasteiger partial charge on any atom is -0.487 e. The van der Waals surface area contributed by atoms with Gasteiger partial charge in [0.25, 0.3) is 0 Å². The van der Waals surface area contributed by atoms with Crippen molar-refractivity contribution < 1.29 is 9.84 Å². The van der Waals surface area contributed by atoms with Crippen molar-refractivity contribution in [3.63, 3.8) is 0 Å². The number of fused-ring (bicyclic) bond motifs is 1. The molecule has 1 aromatic rings. The van der Waals surface area contributed by atoms with Crippen LogP contribution in [0, 0.1) is 0 Å². The van der Waals surface area contributed by atoms with Crippen molar-refractivity contribution in [3.05, 3.63) is 18.2 Å². The van der Waals surface area contributed by atoms with Crippen LogP contribution in [0.1, 0.15) is 12.8 Å². The Balaban J connectivity index is 2.18. The number of nitrogens with two attached hydrogens (primary N) is 1. The number of aliphatic hydroxyl groups excluding tert-OH is 1. The molecule has 0 saturated heterocycles. The lowest BCUT2D eigenvalue weighted by atomic mass is 10.1. The van der Waals surface area contributed by atoms with Crippen molar-refractivity contribution >= 4 is 11.4 Å². The van der Waals surface area contributed by atoms with Gasteiger partial charge in [0.2, 0.25) is 0 Å². The topological polar surface area (TPSA) is 58.7 Å². The van der Waals surface area contributed by atoms with Crippen molar-refractivity contribution in [1.82, 2.24) is 0 Å². The Morgan fingerprint density at radius 2 is 2.38 bits per heavy atom. The molecule has 0 aliphatic carbocycles. The first-order valence-corrected chi connectivity index (χ1v) is 5.59. The number of para-hydroxylation sites is 1. The maximum atomic E-state index is 8.84. The Morgan fingerprint density at radius 1 is 1.56 bits per heavy atom. The van der Waals surface area contributed by atoms with Gasteiger partial charge in [0, 0.05) is 13.7 Å². The number of nitrogens with zero attached hydrogens (tertiary/aromatic N) is 1. The normalized spacial score (nSPS) is 19.1. The van der Waals surface area contributed by atoms with Crippen LogP contribution in [0.3, 0.4) is 0 Å². The van der Waals surface area contributed by atoms with E-state index in [0.29, 0.717) is 18.3 Å². The molecule has 0 fully saturated rings. The summed E-state index contributed by atoms with van der Waals surface area (Å²) < 4.78 is 5.69. The summed E-state index contributed by atoms with van der Waals surface area (Å²) in [6.45, 7) is 0.867. The lowest BCUT2D eigenvalue weighted by Crippen LogP contribution is -2.40. The largest absolute Gasteiger partial charge is 0.487 e. The first-order chi connectivity index (χ1) is 7.74. The number of hydrogen-bond donors (Lipinski definition) is 2. The second-order valence-electron chi connectivity index (χ2n) is 4.14. The maximum absolute atomic E-state index is 8.84. The third kappa shape index (κ3) is 1.93. The molecule has 1 unspecified atom stereocenters. The van der Waals surface area contributed by atoms with Crippen LogP contribution in [-0.4, -0.2) is 31.4 Å². The van der Waals surface area contributed by atoms with E-state index in [1.165, 1.54) is 0 Å². The van der Waals surface area contributed by atoms with Gasteiger partial charge in [-0.15, -0.1) is 0 Å². The molecule has 2 rings (SSSR count). The Kier molecular flexibility index (Phi) is 3.19. The van der Waals surface area contributed by atoms with E-state index in [-0.39, 0.29) is 6.61 Å². The van der Waals surface area contributed by atoms with Crippen molar-refractivity contribution in [3.8, 4) is 5.75 Å². The van der Waals surface area contributed by atoms with Crippen molar-refractivity contribution in [2.45, 2.75) is 18.9 Å². The van der Waals surface area contributed by atoms with Gasteiger partial charge in [0.15, 0.2) is 5.75 Å². The van der Waals surface area contributed by atoms with Crippen LogP contribution >= 0.6 is 0 Å². The van der Waals surface area contributed by atoms with E-state index in [0.717, 1.165) is 24.3 Å². The molecule has 16 heavy (non-hydrogen) atoms. The molecule has 4 nitrogen and oxygen atoms in total. The molecule has 4 heteroatoms. The molecule has 0 bridgehead atoms. The first-order valence-electron chi connectivity index (χ1n) is 5.59. The minimum absolute atomic E-state index is 0.230. The third-order valence-electron chi connectivity index (χ3n) is 3.07. The van der Waals surface area contributed by atoms with Gasteiger partial charge >= 0.3 is 0 Å². The van der Waals surface area contributed by atoms with E-state index in [1.807, 2.05) is 25.2 Å². The molecular weight excluding hydrogens is 204 g/mol. The standard InChI is InChI=1S/C12H18N2O2/c1-14-9(4-3-7-15)8-16-12-10(13)5-2-6-11(12)14/h2,5-6,9,15H,3-4,7-8,13H2,1H3. The molecule has 0 aromatic heterocycles. The summed E-state index contributed by atoms with van der Waals surface area (Å²) in [4.78, 5) is 2.19. The molecule has 88 valence electrons. The number of likely N-dealkylation sites (N-methyl/N-ethyl adjacent to an activating group) is 1. The molecule has 1 aliphatic rings. The molecular formula is C12H18N2O2. The van der Waals surface area contributed by atoms with E-state index < -0.39 is 0 Å². The lowest BCUT2D eigenvalue weighted by Gasteiger charge is -2.36. The third-order valence-corrected chi connectivity index (χ3v) is 3.07. The molecule has 1 atom stereocenters. The van der Waals surface area contributed by atoms with Gasteiger partial charge in [0.05, 0.1) is 17.4 Å². The highest BCUT2D eigenvalue weighted by Gasteiger charge is 2.25. The summed E-state index contributed by atoms with van der Waals surface area (Å²) in [6, 6.07) is 6.11. The van der Waals surface area contributed by atoms with Crippen LogP contribution in [0.15, 0.2) is 18.2 Å². The summed E-state index contributed by atoms with van der Waals surface area (Å²) in [5.74, 6) is 0.783. The number of nitrogen functional groups attached to an aromatic ring is 1. The van der Waals surface area contributed by atoms with Crippen LogP contribution in [0.25, 0.3) is 0 Å². The molecule has 0 spiro atoms. The molecule has 1 heterocycles. The van der Waals surface area contributed by atoms with Gasteiger partial charge in [-0.1, -0.05) is 6.07 Å². The summed E-state index contributed by atoms with van der Waals surface area (Å²) in [7, 11) is 2.04. The predicted octanol–water partition coefficient (Wildman–Crippen LogP) is 1.24. The van der Waals surface area contributed by atoms with Crippen molar-refractivity contribution in [1.29, 1.82) is 0 Å². The van der Waals surface area contributed by atoms with Crippen LogP contribution < -0.4 is 15.4 Å². The SMILES string of the molecule is CN1c2cccc(N)c2OCC1CCCO. The van der Waals surface area contributed by atoms with Crippen LogP contribution in [-0.2, 0) is 0 Å². The van der Waals surface area contributed by atoms with E-state index in [1.54, 1.807) is 0 Å². The highest BCUT2D eigenvalue weighted by atomic mass is 16.5. The van der Waals surface area contributed by atoms with Gasteiger partial charge in [-0.05, 0) is 25.0 Å². The average molecular weight is 222 g/mol. The average Bonchev–Trinajstić information content (AvgIpc) is 2.29. The van der Waals surface area contributed by atoms with Crippen molar-refractivity contribution in [2.24, 2.45) is 0 Å². The van der Waals surface area contributed by atoms with Crippen LogP contribution in [0.5, 0.6) is 5.75 Å². The van der Waals surface area contributed by atoms with Gasteiger partial charge < -0.3 is 20.5 Å². The Bertz CT molecular complexity index is 368. The second-order valence-corrected chi connectivity index (χ2v) is 4.14. The Labute approximate surface area is 95.6 Å². The molecule has 1 aliphatic heterocycles. The number of ether oxygens (including phenoxy) is 1. The fourth-order valence-corrected chi connectivity index (χ4v) is 2.07. The monoisotopic (exact) mass is 222 g/mol. The van der Waals surface area contributed by atoms with Gasteiger partial charge in [-0.2, -0.15) is 0 Å². The highest BCUT2D eigenvalue weighted by molar-refractivity contribution is 5.71. The predicted molar refractivity (Wildman–Crippen MR) is 64.9 cm³/mol.